The van der Waals surface area contributed by atoms with Crippen LogP contribution in [0.4, 0.5) is 4.79 Å². The van der Waals surface area contributed by atoms with E-state index in [0.717, 1.165) is 25.5 Å². The smallest absolute Gasteiger partial charge is 0.317 e. The summed E-state index contributed by atoms with van der Waals surface area (Å²) in [4.78, 5) is 25.1. The summed E-state index contributed by atoms with van der Waals surface area (Å²) in [6, 6.07) is -0.334. The van der Waals surface area contributed by atoms with Crippen LogP contribution in [0.25, 0.3) is 0 Å². The Hall–Kier alpha value is -1.35. The predicted octanol–water partition coefficient (Wildman–Crippen LogP) is 0.211. The quantitative estimate of drug-likeness (QED) is 0.657. The second-order valence-corrected chi connectivity index (χ2v) is 8.74. The van der Waals surface area contributed by atoms with Gasteiger partial charge in [-0.25, -0.2) is 17.9 Å². The third-order valence-electron chi connectivity index (χ3n) is 4.85. The summed E-state index contributed by atoms with van der Waals surface area (Å²) in [5.74, 6) is -0.814. The van der Waals surface area contributed by atoms with Crippen LogP contribution in [-0.2, 0) is 14.8 Å². The summed E-state index contributed by atoms with van der Waals surface area (Å²) in [5.41, 5.74) is -0.885. The van der Waals surface area contributed by atoms with Gasteiger partial charge in [0, 0.05) is 25.7 Å². The zero-order valence-corrected chi connectivity index (χ0v) is 14.4. The molecule has 1 aliphatic heterocycles. The van der Waals surface area contributed by atoms with Crippen LogP contribution in [0.2, 0.25) is 0 Å². The molecule has 8 nitrogen and oxygen atoms in total. The van der Waals surface area contributed by atoms with E-state index in [0.29, 0.717) is 19.5 Å². The minimum Gasteiger partial charge on any atom is -0.481 e. The zero-order chi connectivity index (χ0) is 17.3. The SMILES string of the molecule is CC1(C(=O)O)CCN(C(=O)NC2CCCC2CNS(C)(=O)=O)C1. The summed E-state index contributed by atoms with van der Waals surface area (Å²) in [6.45, 7) is 2.59. The van der Waals surface area contributed by atoms with Gasteiger partial charge >= 0.3 is 12.0 Å². The van der Waals surface area contributed by atoms with Crippen LogP contribution in [0.1, 0.15) is 32.6 Å². The van der Waals surface area contributed by atoms with E-state index in [1.807, 2.05) is 0 Å². The fraction of sp³-hybridized carbons (Fsp3) is 0.857. The topological polar surface area (TPSA) is 116 Å². The van der Waals surface area contributed by atoms with Crippen molar-refractivity contribution < 1.29 is 23.1 Å². The summed E-state index contributed by atoms with van der Waals surface area (Å²) >= 11 is 0. The molecular formula is C14H25N3O5S. The van der Waals surface area contributed by atoms with Crippen LogP contribution in [0.5, 0.6) is 0 Å². The third-order valence-corrected chi connectivity index (χ3v) is 5.54. The Labute approximate surface area is 136 Å². The van der Waals surface area contributed by atoms with Crippen LogP contribution < -0.4 is 10.0 Å². The van der Waals surface area contributed by atoms with Crippen molar-refractivity contribution in [3.63, 3.8) is 0 Å². The lowest BCUT2D eigenvalue weighted by Gasteiger charge is -2.25. The van der Waals surface area contributed by atoms with Crippen molar-refractivity contribution in [1.82, 2.24) is 14.9 Å². The average molecular weight is 347 g/mol. The van der Waals surface area contributed by atoms with Crippen molar-refractivity contribution in [3.05, 3.63) is 0 Å². The van der Waals surface area contributed by atoms with Gasteiger partial charge in [-0.05, 0) is 32.1 Å². The fourth-order valence-electron chi connectivity index (χ4n) is 3.29. The second-order valence-electron chi connectivity index (χ2n) is 6.90. The molecule has 0 radical (unpaired) electrons. The molecule has 9 heteroatoms. The Morgan fingerprint density at radius 1 is 1.35 bits per heavy atom. The van der Waals surface area contributed by atoms with Crippen molar-refractivity contribution in [2.75, 3.05) is 25.9 Å². The summed E-state index contributed by atoms with van der Waals surface area (Å²) in [5, 5.41) is 12.2. The number of urea groups is 1. The highest BCUT2D eigenvalue weighted by Crippen LogP contribution is 2.31. The zero-order valence-electron chi connectivity index (χ0n) is 13.5. The van der Waals surface area contributed by atoms with E-state index in [9.17, 15) is 23.1 Å². The molecule has 2 fully saturated rings. The number of likely N-dealkylation sites (tertiary alicyclic amines) is 1. The minimum atomic E-state index is -3.24. The van der Waals surface area contributed by atoms with Crippen LogP contribution in [-0.4, -0.2) is 62.4 Å². The first-order chi connectivity index (χ1) is 10.6. The van der Waals surface area contributed by atoms with Gasteiger partial charge in [-0.2, -0.15) is 0 Å². The molecule has 1 heterocycles. The van der Waals surface area contributed by atoms with Crippen molar-refractivity contribution in [3.8, 4) is 0 Å². The molecule has 1 saturated heterocycles. The molecule has 1 saturated carbocycles. The van der Waals surface area contributed by atoms with E-state index in [1.54, 1.807) is 6.92 Å². The van der Waals surface area contributed by atoms with E-state index in [1.165, 1.54) is 4.90 Å². The number of aliphatic carboxylic acids is 1. The first-order valence-electron chi connectivity index (χ1n) is 7.84. The molecule has 0 spiro atoms. The Bertz CT molecular complexity index is 579. The van der Waals surface area contributed by atoms with E-state index in [4.69, 9.17) is 0 Å². The van der Waals surface area contributed by atoms with Gasteiger partial charge in [-0.15, -0.1) is 0 Å². The van der Waals surface area contributed by atoms with Gasteiger partial charge in [0.05, 0.1) is 11.7 Å². The lowest BCUT2D eigenvalue weighted by atomic mass is 9.90. The van der Waals surface area contributed by atoms with Gasteiger partial charge in [0.25, 0.3) is 0 Å². The number of carbonyl (C=O) groups is 2. The lowest BCUT2D eigenvalue weighted by Crippen LogP contribution is -2.48. The summed E-state index contributed by atoms with van der Waals surface area (Å²) in [6.07, 6.45) is 4.17. The summed E-state index contributed by atoms with van der Waals surface area (Å²) < 4.78 is 24.9. The molecule has 132 valence electrons. The molecule has 3 unspecified atom stereocenters. The highest BCUT2D eigenvalue weighted by molar-refractivity contribution is 7.88. The molecule has 2 rings (SSSR count). The number of hydrogen-bond donors (Lipinski definition) is 3. The normalized spacial score (nSPS) is 31.3. The van der Waals surface area contributed by atoms with Gasteiger partial charge in [-0.3, -0.25) is 4.79 Å². The Balaban J connectivity index is 1.88. The Kier molecular flexibility index (Phi) is 5.20. The fourth-order valence-corrected chi connectivity index (χ4v) is 3.81. The van der Waals surface area contributed by atoms with Gasteiger partial charge in [-0.1, -0.05) is 6.42 Å². The maximum Gasteiger partial charge on any atom is 0.317 e. The van der Waals surface area contributed by atoms with Crippen molar-refractivity contribution in [2.24, 2.45) is 11.3 Å². The number of amides is 2. The number of rotatable bonds is 5. The van der Waals surface area contributed by atoms with E-state index in [-0.39, 0.29) is 24.5 Å². The molecule has 0 aromatic rings. The lowest BCUT2D eigenvalue weighted by molar-refractivity contribution is -0.147. The molecule has 3 atom stereocenters. The number of nitrogens with zero attached hydrogens (tertiary/aromatic N) is 1. The number of carboxylic acids is 1. The van der Waals surface area contributed by atoms with Gasteiger partial charge in [0.15, 0.2) is 0 Å². The van der Waals surface area contributed by atoms with Crippen LogP contribution >= 0.6 is 0 Å². The molecular weight excluding hydrogens is 322 g/mol. The maximum absolute atomic E-state index is 12.3. The second kappa shape index (κ2) is 6.64. The average Bonchev–Trinajstić information content (AvgIpc) is 3.03. The van der Waals surface area contributed by atoms with E-state index in [2.05, 4.69) is 10.0 Å². The standard InChI is InChI=1S/C14H25N3O5S/c1-14(12(18)19)6-7-17(9-14)13(20)16-11-5-3-4-10(11)8-15-23(2,21)22/h10-11,15H,3-9H2,1-2H3,(H,16,20)(H,18,19). The molecule has 1 aliphatic carbocycles. The number of nitrogens with one attached hydrogen (secondary N) is 2. The Morgan fingerprint density at radius 3 is 2.61 bits per heavy atom. The third kappa shape index (κ3) is 4.57. The monoisotopic (exact) mass is 347 g/mol. The highest BCUT2D eigenvalue weighted by atomic mass is 32.2. The van der Waals surface area contributed by atoms with Crippen LogP contribution in [0, 0.1) is 11.3 Å². The molecule has 0 bridgehead atoms. The molecule has 0 aromatic heterocycles. The number of sulfonamides is 1. The molecule has 23 heavy (non-hydrogen) atoms. The van der Waals surface area contributed by atoms with Gasteiger partial charge < -0.3 is 15.3 Å². The molecule has 3 N–H and O–H groups in total. The first kappa shape index (κ1) is 18.0. The largest absolute Gasteiger partial charge is 0.481 e. The molecule has 0 aromatic carbocycles. The van der Waals surface area contributed by atoms with Crippen LogP contribution in [0.3, 0.4) is 0 Å². The van der Waals surface area contributed by atoms with E-state index < -0.39 is 21.4 Å². The maximum atomic E-state index is 12.3. The van der Waals surface area contributed by atoms with Gasteiger partial charge in [0.1, 0.15) is 0 Å². The van der Waals surface area contributed by atoms with Crippen LogP contribution in [0.15, 0.2) is 0 Å². The van der Waals surface area contributed by atoms with Crippen molar-refractivity contribution in [1.29, 1.82) is 0 Å². The first-order valence-corrected chi connectivity index (χ1v) is 9.73. The van der Waals surface area contributed by atoms with Crippen molar-refractivity contribution >= 4 is 22.0 Å². The Morgan fingerprint density at radius 2 is 2.04 bits per heavy atom. The molecule has 2 aliphatic rings. The number of carbonyl (C=O) groups excluding carboxylic acids is 1. The minimum absolute atomic E-state index is 0.0714. The predicted molar refractivity (Wildman–Crippen MR) is 84.4 cm³/mol. The van der Waals surface area contributed by atoms with E-state index >= 15 is 0 Å². The molecule has 2 amide bonds. The van der Waals surface area contributed by atoms with Gasteiger partial charge in [0.2, 0.25) is 10.0 Å². The highest BCUT2D eigenvalue weighted by Gasteiger charge is 2.42. The number of carboxylic acid groups (broad SMARTS) is 1. The summed E-state index contributed by atoms with van der Waals surface area (Å²) in [7, 11) is -3.24. The number of hydrogen-bond acceptors (Lipinski definition) is 4. The van der Waals surface area contributed by atoms with Crippen molar-refractivity contribution in [2.45, 2.75) is 38.6 Å².